The lowest BCUT2D eigenvalue weighted by Gasteiger charge is -2.35. The van der Waals surface area contributed by atoms with Gasteiger partial charge in [-0.1, -0.05) is 244 Å². The highest BCUT2D eigenvalue weighted by atomic mass is 28.3. The molecule has 0 aliphatic heterocycles. The standard InChI is InChI=1S/C73H62N2Si2/c1-76(2,3)64-42-38-60(39-43-64)74(62-36-31-51-19-13-15-21-54(51)47-62)59-34-29-53(30-35-59)56-33-46-68-69(49-56)73(57-23-9-7-10-24-57,58-25-11-8-12-26-58)70-50-71(66-27-17-18-28-67(66)72(68)70)75(61-40-44-65(45-41-61)77(4,5)6)63-37-32-52-20-14-16-22-55(52)48-63/h7-50H,1-6H3. The zero-order valence-corrected chi connectivity index (χ0v) is 46.8. The van der Waals surface area contributed by atoms with Crippen LogP contribution in [0.2, 0.25) is 39.3 Å². The molecule has 372 valence electrons. The van der Waals surface area contributed by atoms with Crippen molar-refractivity contribution in [2.75, 3.05) is 9.80 Å². The molecule has 1 aliphatic carbocycles. The molecule has 0 fully saturated rings. The topological polar surface area (TPSA) is 6.48 Å². The molecule has 0 saturated carbocycles. The summed E-state index contributed by atoms with van der Waals surface area (Å²) >= 11 is 0. The van der Waals surface area contributed by atoms with Gasteiger partial charge in [0.1, 0.15) is 0 Å². The molecular formula is C73H62N2Si2. The van der Waals surface area contributed by atoms with Gasteiger partial charge in [-0.3, -0.25) is 0 Å². The summed E-state index contributed by atoms with van der Waals surface area (Å²) in [5.74, 6) is 0. The Morgan fingerprint density at radius 3 is 1.23 bits per heavy atom. The second kappa shape index (κ2) is 18.9. The van der Waals surface area contributed by atoms with Crippen molar-refractivity contribution in [3.05, 3.63) is 289 Å². The van der Waals surface area contributed by atoms with E-state index in [-0.39, 0.29) is 0 Å². The maximum atomic E-state index is 2.55. The number of benzene rings is 12. The lowest BCUT2D eigenvalue weighted by molar-refractivity contribution is 0.769. The monoisotopic (exact) mass is 1020 g/mol. The molecule has 0 heterocycles. The molecule has 0 radical (unpaired) electrons. The van der Waals surface area contributed by atoms with E-state index in [1.807, 2.05) is 0 Å². The molecule has 77 heavy (non-hydrogen) atoms. The van der Waals surface area contributed by atoms with E-state index < -0.39 is 21.6 Å². The van der Waals surface area contributed by atoms with E-state index in [9.17, 15) is 0 Å². The van der Waals surface area contributed by atoms with Crippen LogP contribution in [0.5, 0.6) is 0 Å². The van der Waals surface area contributed by atoms with E-state index in [1.165, 1.54) is 87.2 Å². The summed E-state index contributed by atoms with van der Waals surface area (Å²) in [6.07, 6.45) is 0. The average molecular weight is 1020 g/mol. The third kappa shape index (κ3) is 8.40. The van der Waals surface area contributed by atoms with Crippen LogP contribution in [0, 0.1) is 0 Å². The van der Waals surface area contributed by atoms with E-state index in [4.69, 9.17) is 0 Å². The highest BCUT2D eigenvalue weighted by Gasteiger charge is 2.47. The number of fused-ring (bicyclic) bond motifs is 7. The molecule has 13 rings (SSSR count). The van der Waals surface area contributed by atoms with Gasteiger partial charge >= 0.3 is 0 Å². The predicted molar refractivity (Wildman–Crippen MR) is 337 cm³/mol. The molecule has 0 amide bonds. The fourth-order valence-corrected chi connectivity index (χ4v) is 14.6. The van der Waals surface area contributed by atoms with Crippen molar-refractivity contribution < 1.29 is 0 Å². The van der Waals surface area contributed by atoms with Crippen LogP contribution in [0.3, 0.4) is 0 Å². The third-order valence-electron chi connectivity index (χ3n) is 16.2. The second-order valence-electron chi connectivity index (χ2n) is 23.0. The number of rotatable bonds is 11. The molecule has 4 heteroatoms. The highest BCUT2D eigenvalue weighted by Crippen LogP contribution is 2.60. The van der Waals surface area contributed by atoms with Gasteiger partial charge in [-0.25, -0.2) is 0 Å². The van der Waals surface area contributed by atoms with Gasteiger partial charge in [0.15, 0.2) is 0 Å². The summed E-state index contributed by atoms with van der Waals surface area (Å²) < 4.78 is 0. The highest BCUT2D eigenvalue weighted by molar-refractivity contribution is 6.89. The van der Waals surface area contributed by atoms with Crippen LogP contribution in [0.4, 0.5) is 34.1 Å². The molecular weight excluding hydrogens is 961 g/mol. The minimum atomic E-state index is -1.57. The third-order valence-corrected chi connectivity index (χ3v) is 20.3. The van der Waals surface area contributed by atoms with Gasteiger partial charge < -0.3 is 9.80 Å². The zero-order chi connectivity index (χ0) is 52.5. The molecule has 2 nitrogen and oxygen atoms in total. The largest absolute Gasteiger partial charge is 0.310 e. The van der Waals surface area contributed by atoms with Gasteiger partial charge in [0.25, 0.3) is 0 Å². The first-order chi connectivity index (χ1) is 37.4. The van der Waals surface area contributed by atoms with E-state index >= 15 is 0 Å². The maximum Gasteiger partial charge on any atom is 0.0775 e. The van der Waals surface area contributed by atoms with Crippen LogP contribution in [0.25, 0.3) is 54.6 Å². The maximum absolute atomic E-state index is 2.55. The Labute approximate surface area is 456 Å². The van der Waals surface area contributed by atoms with Gasteiger partial charge in [-0.2, -0.15) is 0 Å². The summed E-state index contributed by atoms with van der Waals surface area (Å²) in [4.78, 5) is 4.92. The van der Waals surface area contributed by atoms with Crippen molar-refractivity contribution >= 4 is 93.0 Å². The van der Waals surface area contributed by atoms with Crippen LogP contribution in [-0.4, -0.2) is 16.1 Å². The van der Waals surface area contributed by atoms with Gasteiger partial charge in [0.05, 0.1) is 27.3 Å². The Kier molecular flexibility index (Phi) is 11.8. The smallest absolute Gasteiger partial charge is 0.0775 e. The molecule has 0 N–H and O–H groups in total. The van der Waals surface area contributed by atoms with Crippen LogP contribution in [-0.2, 0) is 5.41 Å². The average Bonchev–Trinajstić information content (AvgIpc) is 3.94. The number of nitrogens with zero attached hydrogens (tertiary/aromatic N) is 2. The molecule has 0 aromatic heterocycles. The van der Waals surface area contributed by atoms with Gasteiger partial charge in [-0.15, -0.1) is 0 Å². The van der Waals surface area contributed by atoms with Crippen LogP contribution >= 0.6 is 0 Å². The Morgan fingerprint density at radius 1 is 0.299 bits per heavy atom. The quantitative estimate of drug-likeness (QED) is 0.119. The Hall–Kier alpha value is -8.55. The first kappa shape index (κ1) is 48.1. The van der Waals surface area contributed by atoms with Crippen LogP contribution < -0.4 is 20.2 Å². The summed E-state index contributed by atoms with van der Waals surface area (Å²) in [6, 6.07) is 101. The first-order valence-electron chi connectivity index (χ1n) is 27.2. The first-order valence-corrected chi connectivity index (χ1v) is 34.2. The molecule has 0 spiro atoms. The molecule has 12 aromatic carbocycles. The Balaban J connectivity index is 1.01. The van der Waals surface area contributed by atoms with Gasteiger partial charge in [0, 0.05) is 33.8 Å². The molecule has 0 saturated heterocycles. The SMILES string of the molecule is C[Si](C)(C)c1ccc(N(c2ccc(-c3ccc4c(c3)C(c3ccccc3)(c3ccccc3)c3cc(N(c5ccc([Si](C)(C)C)cc5)c5ccc6ccccc6c5)c5ccccc5c3-4)cc2)c2ccc3ccccc3c2)cc1. The van der Waals surface area contributed by atoms with Crippen LogP contribution in [0.15, 0.2) is 267 Å². The fraction of sp³-hybridized carbons (Fsp3) is 0.0959. The van der Waals surface area contributed by atoms with Crippen molar-refractivity contribution in [3.63, 3.8) is 0 Å². The minimum Gasteiger partial charge on any atom is -0.310 e. The molecule has 12 aromatic rings. The second-order valence-corrected chi connectivity index (χ2v) is 33.1. The van der Waals surface area contributed by atoms with Crippen molar-refractivity contribution in [3.8, 4) is 22.3 Å². The molecule has 1 aliphatic rings. The van der Waals surface area contributed by atoms with Crippen molar-refractivity contribution in [1.29, 1.82) is 0 Å². The summed E-state index contributed by atoms with van der Waals surface area (Å²) in [5.41, 5.74) is 16.1. The van der Waals surface area contributed by atoms with Crippen molar-refractivity contribution in [2.45, 2.75) is 44.7 Å². The Morgan fingerprint density at radius 2 is 0.714 bits per heavy atom. The van der Waals surface area contributed by atoms with Crippen molar-refractivity contribution in [1.82, 2.24) is 0 Å². The van der Waals surface area contributed by atoms with Gasteiger partial charge in [0.2, 0.25) is 0 Å². The normalized spacial score (nSPS) is 12.9. The minimum absolute atomic E-state index is 0.659. The lowest BCUT2D eigenvalue weighted by Crippen LogP contribution is -2.37. The van der Waals surface area contributed by atoms with Crippen molar-refractivity contribution in [2.24, 2.45) is 0 Å². The Bertz CT molecular complexity index is 4110. The number of hydrogen-bond donors (Lipinski definition) is 0. The zero-order valence-electron chi connectivity index (χ0n) is 44.8. The summed E-state index contributed by atoms with van der Waals surface area (Å²) in [7, 11) is -3.07. The van der Waals surface area contributed by atoms with Crippen LogP contribution in [0.1, 0.15) is 22.3 Å². The van der Waals surface area contributed by atoms with E-state index in [0.717, 1.165) is 34.1 Å². The molecule has 0 bridgehead atoms. The fourth-order valence-electron chi connectivity index (χ4n) is 12.2. The van der Waals surface area contributed by atoms with Gasteiger partial charge in [-0.05, 0) is 144 Å². The lowest BCUT2D eigenvalue weighted by atomic mass is 9.67. The van der Waals surface area contributed by atoms with E-state index in [1.54, 1.807) is 0 Å². The number of hydrogen-bond acceptors (Lipinski definition) is 2. The predicted octanol–water partition coefficient (Wildman–Crippen LogP) is 19.2. The van der Waals surface area contributed by atoms with E-state index in [2.05, 4.69) is 316 Å². The summed E-state index contributed by atoms with van der Waals surface area (Å²) in [6.45, 7) is 14.5. The number of anilines is 6. The summed E-state index contributed by atoms with van der Waals surface area (Å²) in [5, 5.41) is 10.3. The molecule has 0 unspecified atom stereocenters. The molecule has 0 atom stereocenters. The van der Waals surface area contributed by atoms with E-state index in [0.29, 0.717) is 0 Å².